The molecule has 0 spiro atoms. The van der Waals surface area contributed by atoms with Crippen molar-refractivity contribution in [3.63, 3.8) is 0 Å². The number of anilines is 1. The monoisotopic (exact) mass is 329 g/mol. The van der Waals surface area contributed by atoms with Gasteiger partial charge in [0.05, 0.1) is 25.2 Å². The second-order valence-electron chi connectivity index (χ2n) is 5.48. The molecule has 1 atom stereocenters. The second kappa shape index (κ2) is 6.54. The molecule has 0 saturated heterocycles. The Labute approximate surface area is 140 Å². The van der Waals surface area contributed by atoms with Crippen molar-refractivity contribution >= 4 is 23.4 Å². The Balaban J connectivity index is 1.76. The van der Waals surface area contributed by atoms with Crippen molar-refractivity contribution in [3.05, 3.63) is 47.5 Å². The summed E-state index contributed by atoms with van der Waals surface area (Å²) in [5.41, 5.74) is 3.08. The van der Waals surface area contributed by atoms with E-state index in [1.807, 2.05) is 0 Å². The number of rotatable bonds is 4. The summed E-state index contributed by atoms with van der Waals surface area (Å²) in [5, 5.41) is 2.84. The van der Waals surface area contributed by atoms with E-state index >= 15 is 0 Å². The summed E-state index contributed by atoms with van der Waals surface area (Å²) in [7, 11) is 3.18. The number of methoxy groups -OCH3 is 2. The number of carbonyl (C=O) groups is 1. The van der Waals surface area contributed by atoms with Crippen LogP contribution in [0.5, 0.6) is 11.5 Å². The van der Waals surface area contributed by atoms with Crippen LogP contribution >= 0.6 is 11.8 Å². The number of amides is 1. The van der Waals surface area contributed by atoms with Gasteiger partial charge in [0, 0.05) is 11.0 Å². The van der Waals surface area contributed by atoms with E-state index in [9.17, 15) is 4.79 Å². The van der Waals surface area contributed by atoms with Crippen molar-refractivity contribution in [2.24, 2.45) is 0 Å². The molecule has 1 N–H and O–H groups in total. The van der Waals surface area contributed by atoms with Crippen LogP contribution in [0.3, 0.4) is 0 Å². The molecule has 2 aromatic carbocycles. The number of ether oxygens (including phenoxy) is 2. The molecule has 0 aromatic heterocycles. The number of fused-ring (bicyclic) bond motifs is 1. The van der Waals surface area contributed by atoms with Gasteiger partial charge in [-0.05, 0) is 37.1 Å². The molecule has 2 aromatic rings. The van der Waals surface area contributed by atoms with E-state index < -0.39 is 0 Å². The maximum atomic E-state index is 12.6. The molecular formula is C18H19NO3S. The zero-order chi connectivity index (χ0) is 16.4. The molecule has 1 heterocycles. The second-order valence-corrected chi connectivity index (χ2v) is 6.72. The van der Waals surface area contributed by atoms with Gasteiger partial charge in [0.1, 0.15) is 11.5 Å². The molecule has 0 bridgehead atoms. The van der Waals surface area contributed by atoms with Crippen LogP contribution in [0.25, 0.3) is 0 Å². The van der Waals surface area contributed by atoms with Gasteiger partial charge in [0.15, 0.2) is 0 Å². The zero-order valence-electron chi connectivity index (χ0n) is 13.4. The predicted octanol–water partition coefficient (Wildman–Crippen LogP) is 3.67. The van der Waals surface area contributed by atoms with Gasteiger partial charge in [-0.1, -0.05) is 17.7 Å². The summed E-state index contributed by atoms with van der Waals surface area (Å²) in [6, 6.07) is 11.7. The summed E-state index contributed by atoms with van der Waals surface area (Å²) < 4.78 is 10.5. The normalized spacial score (nSPS) is 15.9. The molecule has 4 nitrogen and oxygen atoms in total. The topological polar surface area (TPSA) is 47.6 Å². The third-order valence-electron chi connectivity index (χ3n) is 3.85. The van der Waals surface area contributed by atoms with Gasteiger partial charge < -0.3 is 14.8 Å². The van der Waals surface area contributed by atoms with Crippen molar-refractivity contribution < 1.29 is 14.3 Å². The first kappa shape index (κ1) is 15.7. The molecule has 5 heteroatoms. The van der Waals surface area contributed by atoms with Crippen molar-refractivity contribution in [2.75, 3.05) is 19.5 Å². The number of aryl methyl sites for hydroxylation is 1. The summed E-state index contributed by atoms with van der Waals surface area (Å²) in [5.74, 6) is 1.28. The van der Waals surface area contributed by atoms with Gasteiger partial charge >= 0.3 is 0 Å². The minimum Gasteiger partial charge on any atom is -0.497 e. The molecule has 0 radical (unpaired) electrons. The Morgan fingerprint density at radius 2 is 2.00 bits per heavy atom. The highest BCUT2D eigenvalue weighted by atomic mass is 32.2. The summed E-state index contributed by atoms with van der Waals surface area (Å²) in [6.45, 7) is 2.06. The van der Waals surface area contributed by atoms with E-state index in [1.165, 1.54) is 16.0 Å². The first-order valence-electron chi connectivity index (χ1n) is 7.40. The number of carbonyl (C=O) groups excluding carboxylic acids is 1. The van der Waals surface area contributed by atoms with Crippen molar-refractivity contribution in [3.8, 4) is 11.5 Å². The molecule has 0 unspecified atom stereocenters. The highest BCUT2D eigenvalue weighted by Gasteiger charge is 2.28. The molecule has 0 fully saturated rings. The van der Waals surface area contributed by atoms with Crippen LogP contribution in [0, 0.1) is 6.92 Å². The minimum absolute atomic E-state index is 0.0181. The van der Waals surface area contributed by atoms with Crippen LogP contribution < -0.4 is 14.8 Å². The Morgan fingerprint density at radius 1 is 1.17 bits per heavy atom. The van der Waals surface area contributed by atoms with Crippen molar-refractivity contribution in [1.29, 1.82) is 0 Å². The maximum Gasteiger partial charge on any atom is 0.238 e. The van der Waals surface area contributed by atoms with Crippen LogP contribution in [0.1, 0.15) is 11.1 Å². The van der Waals surface area contributed by atoms with E-state index in [-0.39, 0.29) is 11.2 Å². The third-order valence-corrected chi connectivity index (χ3v) is 5.15. The van der Waals surface area contributed by atoms with Gasteiger partial charge in [0.2, 0.25) is 5.91 Å². The van der Waals surface area contributed by atoms with Gasteiger partial charge in [-0.25, -0.2) is 0 Å². The van der Waals surface area contributed by atoms with Gasteiger partial charge in [0.25, 0.3) is 0 Å². The lowest BCUT2D eigenvalue weighted by atomic mass is 10.1. The Morgan fingerprint density at radius 3 is 2.74 bits per heavy atom. The number of hydrogen-bond acceptors (Lipinski definition) is 4. The minimum atomic E-state index is -0.122. The van der Waals surface area contributed by atoms with E-state index in [2.05, 4.69) is 30.4 Å². The number of thioether (sulfide) groups is 1. The first-order valence-corrected chi connectivity index (χ1v) is 8.27. The predicted molar refractivity (Wildman–Crippen MR) is 92.7 cm³/mol. The molecule has 0 aliphatic carbocycles. The SMILES string of the molecule is COc1ccc(OC)c(NC(=O)[C@@H]2Cc3ccc(C)cc3S2)c1. The maximum absolute atomic E-state index is 12.6. The van der Waals surface area contributed by atoms with Gasteiger partial charge in [-0.3, -0.25) is 4.79 Å². The Hall–Kier alpha value is -2.14. The van der Waals surface area contributed by atoms with Crippen LogP contribution in [0.4, 0.5) is 5.69 Å². The lowest BCUT2D eigenvalue weighted by Crippen LogP contribution is -2.24. The number of hydrogen-bond donors (Lipinski definition) is 1. The van der Waals surface area contributed by atoms with Gasteiger partial charge in [-0.2, -0.15) is 0 Å². The fourth-order valence-corrected chi connectivity index (χ4v) is 3.90. The van der Waals surface area contributed by atoms with Crippen molar-refractivity contribution in [2.45, 2.75) is 23.5 Å². The average Bonchev–Trinajstić information content (AvgIpc) is 2.98. The molecule has 1 amide bonds. The quantitative estimate of drug-likeness (QED) is 0.930. The molecule has 120 valence electrons. The molecule has 23 heavy (non-hydrogen) atoms. The zero-order valence-corrected chi connectivity index (χ0v) is 14.2. The highest BCUT2D eigenvalue weighted by Crippen LogP contribution is 2.38. The fraction of sp³-hybridized carbons (Fsp3) is 0.278. The van der Waals surface area contributed by atoms with Gasteiger partial charge in [-0.15, -0.1) is 11.8 Å². The first-order chi connectivity index (χ1) is 11.1. The van der Waals surface area contributed by atoms with E-state index in [1.54, 1.807) is 44.2 Å². The summed E-state index contributed by atoms with van der Waals surface area (Å²) in [6.07, 6.45) is 0.748. The highest BCUT2D eigenvalue weighted by molar-refractivity contribution is 8.01. The molecular weight excluding hydrogens is 310 g/mol. The molecule has 1 aliphatic rings. The number of nitrogens with one attached hydrogen (secondary N) is 1. The average molecular weight is 329 g/mol. The Kier molecular flexibility index (Phi) is 4.48. The summed E-state index contributed by atoms with van der Waals surface area (Å²) in [4.78, 5) is 13.8. The molecule has 0 saturated carbocycles. The van der Waals surface area contributed by atoms with Crippen LogP contribution in [-0.4, -0.2) is 25.4 Å². The lowest BCUT2D eigenvalue weighted by Gasteiger charge is -2.14. The summed E-state index contributed by atoms with van der Waals surface area (Å²) >= 11 is 1.62. The molecule has 3 rings (SSSR count). The third kappa shape index (κ3) is 3.29. The fourth-order valence-electron chi connectivity index (χ4n) is 2.61. The largest absolute Gasteiger partial charge is 0.497 e. The van der Waals surface area contributed by atoms with Crippen molar-refractivity contribution in [1.82, 2.24) is 0 Å². The van der Waals surface area contributed by atoms with E-state index in [0.717, 1.165) is 6.42 Å². The molecule has 1 aliphatic heterocycles. The smallest absolute Gasteiger partial charge is 0.238 e. The van der Waals surface area contributed by atoms with Crippen LogP contribution in [-0.2, 0) is 11.2 Å². The van der Waals surface area contributed by atoms with Crippen LogP contribution in [0.15, 0.2) is 41.3 Å². The van der Waals surface area contributed by atoms with E-state index in [4.69, 9.17) is 9.47 Å². The lowest BCUT2D eigenvalue weighted by molar-refractivity contribution is -0.115. The Bertz CT molecular complexity index is 745. The van der Waals surface area contributed by atoms with E-state index in [0.29, 0.717) is 17.2 Å². The standard InChI is InChI=1S/C18H19NO3S/c1-11-4-5-12-9-17(23-16(12)8-11)18(20)19-14-10-13(21-2)6-7-15(14)22-3/h4-8,10,17H,9H2,1-3H3,(H,19,20)/t17-/m0/s1. The number of benzene rings is 2. The van der Waals surface area contributed by atoms with Crippen LogP contribution in [0.2, 0.25) is 0 Å².